The molecule has 8 heteroatoms. The van der Waals surface area contributed by atoms with Crippen molar-refractivity contribution >= 4 is 16.9 Å². The normalized spacial score (nSPS) is 21.8. The van der Waals surface area contributed by atoms with E-state index in [2.05, 4.69) is 20.0 Å². The van der Waals surface area contributed by atoms with E-state index in [9.17, 15) is 8.78 Å². The van der Waals surface area contributed by atoms with Gasteiger partial charge in [-0.15, -0.1) is 0 Å². The quantitative estimate of drug-likeness (QED) is 0.848. The van der Waals surface area contributed by atoms with Crippen LogP contribution in [0, 0.1) is 0 Å². The molecule has 0 atom stereocenters. The summed E-state index contributed by atoms with van der Waals surface area (Å²) in [7, 11) is 0. The molecule has 25 heavy (non-hydrogen) atoms. The van der Waals surface area contributed by atoms with Gasteiger partial charge in [0.15, 0.2) is 5.65 Å². The van der Waals surface area contributed by atoms with Gasteiger partial charge in [-0.3, -0.25) is 0 Å². The third-order valence-corrected chi connectivity index (χ3v) is 5.28. The fraction of sp³-hybridized carbons (Fsp3) is 0.706. The zero-order chi connectivity index (χ0) is 17.3. The zero-order valence-electron chi connectivity index (χ0n) is 14.4. The average Bonchev–Trinajstić information content (AvgIpc) is 3.04. The number of halogens is 2. The smallest absolute Gasteiger partial charge is 0.251 e. The molecule has 0 unspecified atom stereocenters. The monoisotopic (exact) mass is 350 g/mol. The molecule has 0 spiro atoms. The van der Waals surface area contributed by atoms with Crippen molar-refractivity contribution in [3.63, 3.8) is 0 Å². The summed E-state index contributed by atoms with van der Waals surface area (Å²) < 4.78 is 28.7. The van der Waals surface area contributed by atoms with E-state index in [-0.39, 0.29) is 12.8 Å². The summed E-state index contributed by atoms with van der Waals surface area (Å²) in [4.78, 5) is 13.1. The number of nitrogens with zero attached hydrogens (tertiary/aromatic N) is 6. The van der Waals surface area contributed by atoms with Gasteiger partial charge in [0, 0.05) is 32.5 Å². The number of aromatic nitrogens is 4. The van der Waals surface area contributed by atoms with Crippen LogP contribution in [-0.2, 0) is 6.54 Å². The van der Waals surface area contributed by atoms with Crippen LogP contribution in [0.5, 0.6) is 0 Å². The van der Waals surface area contributed by atoms with Gasteiger partial charge in [-0.2, -0.15) is 5.10 Å². The number of anilines is 1. The van der Waals surface area contributed by atoms with Crippen LogP contribution in [0.15, 0.2) is 12.5 Å². The van der Waals surface area contributed by atoms with Crippen LogP contribution in [0.1, 0.15) is 32.1 Å². The summed E-state index contributed by atoms with van der Waals surface area (Å²) in [5, 5.41) is 5.33. The van der Waals surface area contributed by atoms with Crippen LogP contribution >= 0.6 is 0 Å². The molecule has 0 bridgehead atoms. The van der Waals surface area contributed by atoms with Crippen LogP contribution in [-0.4, -0.2) is 63.3 Å². The lowest BCUT2D eigenvalue weighted by molar-refractivity contribution is -0.0221. The average molecular weight is 350 g/mol. The third-order valence-electron chi connectivity index (χ3n) is 5.28. The van der Waals surface area contributed by atoms with Crippen molar-refractivity contribution in [1.29, 1.82) is 0 Å². The minimum Gasteiger partial charge on any atom is -0.355 e. The summed E-state index contributed by atoms with van der Waals surface area (Å²) in [6.07, 6.45) is 6.91. The number of hydrogen-bond acceptors (Lipinski definition) is 5. The van der Waals surface area contributed by atoms with Gasteiger partial charge in [0.05, 0.1) is 18.1 Å². The second-order valence-electron chi connectivity index (χ2n) is 7.05. The molecular weight excluding hydrogens is 326 g/mol. The van der Waals surface area contributed by atoms with E-state index < -0.39 is 5.92 Å². The largest absolute Gasteiger partial charge is 0.355 e. The first-order valence-electron chi connectivity index (χ1n) is 9.14. The molecule has 0 aromatic carbocycles. The number of hydrogen-bond donors (Lipinski definition) is 0. The summed E-state index contributed by atoms with van der Waals surface area (Å²) in [5.41, 5.74) is 0.791. The number of fused-ring (bicyclic) bond motifs is 1. The van der Waals surface area contributed by atoms with Crippen molar-refractivity contribution < 1.29 is 8.78 Å². The molecule has 4 rings (SSSR count). The number of likely N-dealkylation sites (tertiary alicyclic amines) is 1. The summed E-state index contributed by atoms with van der Waals surface area (Å²) >= 11 is 0. The molecule has 0 aliphatic carbocycles. The van der Waals surface area contributed by atoms with Gasteiger partial charge >= 0.3 is 0 Å². The Morgan fingerprint density at radius 2 is 1.72 bits per heavy atom. The topological polar surface area (TPSA) is 50.1 Å². The summed E-state index contributed by atoms with van der Waals surface area (Å²) in [5.74, 6) is -1.83. The van der Waals surface area contributed by atoms with E-state index in [1.165, 1.54) is 25.6 Å². The standard InChI is InChI=1S/C17H24F2N6/c18-17(19)4-8-24(9-5-17)15-14-12-22-25(16(14)21-13-20-15)11-10-23-6-2-1-3-7-23/h12-13H,1-11H2. The summed E-state index contributed by atoms with van der Waals surface area (Å²) in [6, 6.07) is 0. The Morgan fingerprint density at radius 3 is 2.48 bits per heavy atom. The third kappa shape index (κ3) is 3.58. The minimum atomic E-state index is -2.55. The van der Waals surface area contributed by atoms with Gasteiger partial charge in [0.25, 0.3) is 5.92 Å². The van der Waals surface area contributed by atoms with Crippen molar-refractivity contribution in [3.05, 3.63) is 12.5 Å². The molecule has 136 valence electrons. The number of piperidine rings is 2. The molecule has 2 fully saturated rings. The van der Waals surface area contributed by atoms with E-state index in [1.54, 1.807) is 6.20 Å². The van der Waals surface area contributed by atoms with E-state index in [0.29, 0.717) is 13.1 Å². The van der Waals surface area contributed by atoms with Crippen LogP contribution in [0.4, 0.5) is 14.6 Å². The lowest BCUT2D eigenvalue weighted by atomic mass is 10.1. The fourth-order valence-electron chi connectivity index (χ4n) is 3.76. The van der Waals surface area contributed by atoms with Crippen LogP contribution in [0.2, 0.25) is 0 Å². The van der Waals surface area contributed by atoms with Gasteiger partial charge in [0.2, 0.25) is 0 Å². The van der Waals surface area contributed by atoms with Crippen molar-refractivity contribution in [2.24, 2.45) is 0 Å². The maximum absolute atomic E-state index is 13.4. The van der Waals surface area contributed by atoms with Gasteiger partial charge in [0.1, 0.15) is 12.1 Å². The van der Waals surface area contributed by atoms with E-state index in [0.717, 1.165) is 43.0 Å². The Bertz CT molecular complexity index is 715. The Morgan fingerprint density at radius 1 is 0.960 bits per heavy atom. The Balaban J connectivity index is 1.50. The molecule has 6 nitrogen and oxygen atoms in total. The van der Waals surface area contributed by atoms with E-state index >= 15 is 0 Å². The second kappa shape index (κ2) is 6.82. The van der Waals surface area contributed by atoms with Gasteiger partial charge in [-0.1, -0.05) is 6.42 Å². The highest BCUT2D eigenvalue weighted by Crippen LogP contribution is 2.32. The SMILES string of the molecule is FC1(F)CCN(c2ncnc3c2cnn3CCN2CCCCC2)CC1. The lowest BCUT2D eigenvalue weighted by Gasteiger charge is -2.32. The molecule has 0 N–H and O–H groups in total. The molecule has 2 aliphatic heterocycles. The molecule has 2 aromatic heterocycles. The van der Waals surface area contributed by atoms with Crippen molar-refractivity contribution in [2.45, 2.75) is 44.6 Å². The molecule has 2 saturated heterocycles. The first-order chi connectivity index (χ1) is 12.1. The van der Waals surface area contributed by atoms with Gasteiger partial charge < -0.3 is 9.80 Å². The second-order valence-corrected chi connectivity index (χ2v) is 7.05. The van der Waals surface area contributed by atoms with Gasteiger partial charge in [-0.05, 0) is 25.9 Å². The molecule has 0 saturated carbocycles. The molecule has 4 heterocycles. The number of rotatable bonds is 4. The molecule has 0 radical (unpaired) electrons. The summed E-state index contributed by atoms with van der Waals surface area (Å²) in [6.45, 7) is 4.70. The van der Waals surface area contributed by atoms with E-state index in [1.807, 2.05) is 9.58 Å². The Hall–Kier alpha value is -1.83. The molecule has 2 aliphatic rings. The highest BCUT2D eigenvalue weighted by Gasteiger charge is 2.35. The molecular formula is C17H24F2N6. The Labute approximate surface area is 145 Å². The van der Waals surface area contributed by atoms with Crippen LogP contribution < -0.4 is 4.90 Å². The molecule has 0 amide bonds. The zero-order valence-corrected chi connectivity index (χ0v) is 14.4. The molecule has 2 aromatic rings. The van der Waals surface area contributed by atoms with Crippen LogP contribution in [0.3, 0.4) is 0 Å². The predicted octanol–water partition coefficient (Wildman–Crippen LogP) is 2.55. The van der Waals surface area contributed by atoms with Crippen molar-refractivity contribution in [3.8, 4) is 0 Å². The maximum atomic E-state index is 13.4. The first kappa shape index (κ1) is 16.6. The lowest BCUT2D eigenvalue weighted by Crippen LogP contribution is -2.39. The highest BCUT2D eigenvalue weighted by molar-refractivity contribution is 5.86. The van der Waals surface area contributed by atoms with Crippen molar-refractivity contribution in [2.75, 3.05) is 37.6 Å². The highest BCUT2D eigenvalue weighted by atomic mass is 19.3. The Kier molecular flexibility index (Phi) is 4.54. The van der Waals surface area contributed by atoms with Crippen LogP contribution in [0.25, 0.3) is 11.0 Å². The maximum Gasteiger partial charge on any atom is 0.251 e. The fourth-order valence-corrected chi connectivity index (χ4v) is 3.76. The first-order valence-corrected chi connectivity index (χ1v) is 9.14. The minimum absolute atomic E-state index is 0.123. The van der Waals surface area contributed by atoms with Gasteiger partial charge in [-0.25, -0.2) is 23.4 Å². The number of alkyl halides is 2. The van der Waals surface area contributed by atoms with Crippen molar-refractivity contribution in [1.82, 2.24) is 24.6 Å². The van der Waals surface area contributed by atoms with E-state index in [4.69, 9.17) is 0 Å². The predicted molar refractivity (Wildman–Crippen MR) is 92.0 cm³/mol.